The van der Waals surface area contributed by atoms with Gasteiger partial charge in [-0.25, -0.2) is 8.42 Å². The number of anilines is 1. The zero-order valence-corrected chi connectivity index (χ0v) is 11.2. The Hall–Kier alpha value is -1.08. The first-order valence-corrected chi connectivity index (χ1v) is 7.22. The molecule has 0 saturated carbocycles. The number of nitrogens with two attached hydrogens (primary N) is 1. The average molecular weight is 260 g/mol. The maximum Gasteiger partial charge on any atom is 0.238 e. The average Bonchev–Trinajstić information content (AvgIpc) is 2.66. The molecule has 0 radical (unpaired) electrons. The summed E-state index contributed by atoms with van der Waals surface area (Å²) in [7, 11) is -3.44. The largest absolute Gasteiger partial charge is 0.329 e. The van der Waals surface area contributed by atoms with Crippen LogP contribution in [0.25, 0.3) is 0 Å². The fraction of sp³-hybridized carbons (Fsp3) is 0.700. The highest BCUT2D eigenvalue weighted by Gasteiger charge is 2.23. The number of sulfonamides is 1. The van der Waals surface area contributed by atoms with E-state index >= 15 is 0 Å². The summed E-state index contributed by atoms with van der Waals surface area (Å²) in [6.45, 7) is 5.85. The van der Waals surface area contributed by atoms with E-state index in [9.17, 15) is 8.42 Å². The van der Waals surface area contributed by atoms with Gasteiger partial charge in [0.15, 0.2) is 5.82 Å². The van der Waals surface area contributed by atoms with E-state index in [-0.39, 0.29) is 12.6 Å². The molecule has 17 heavy (non-hydrogen) atoms. The van der Waals surface area contributed by atoms with Gasteiger partial charge in [0.25, 0.3) is 0 Å². The van der Waals surface area contributed by atoms with Crippen LogP contribution in [-0.4, -0.2) is 30.0 Å². The van der Waals surface area contributed by atoms with E-state index in [1.165, 1.54) is 0 Å². The fourth-order valence-electron chi connectivity index (χ4n) is 1.42. The number of aromatic nitrogens is 2. The SMILES string of the molecule is CCC(CN)S(=O)(=O)Nc1ccn(C(C)C)n1. The van der Waals surface area contributed by atoms with Crippen molar-refractivity contribution in [1.29, 1.82) is 0 Å². The van der Waals surface area contributed by atoms with Gasteiger partial charge in [-0.05, 0) is 20.3 Å². The number of rotatable bonds is 6. The van der Waals surface area contributed by atoms with Crippen molar-refractivity contribution in [2.24, 2.45) is 5.73 Å². The minimum atomic E-state index is -3.44. The highest BCUT2D eigenvalue weighted by Crippen LogP contribution is 2.13. The second kappa shape index (κ2) is 5.50. The van der Waals surface area contributed by atoms with E-state index < -0.39 is 15.3 Å². The molecule has 0 aliphatic heterocycles. The van der Waals surface area contributed by atoms with Gasteiger partial charge in [-0.1, -0.05) is 6.92 Å². The molecule has 1 aromatic heterocycles. The molecule has 1 heterocycles. The summed E-state index contributed by atoms with van der Waals surface area (Å²) in [5, 5.41) is 3.55. The van der Waals surface area contributed by atoms with Gasteiger partial charge in [-0.15, -0.1) is 0 Å². The third kappa shape index (κ3) is 3.44. The molecule has 0 aliphatic carbocycles. The second-order valence-corrected chi connectivity index (χ2v) is 6.15. The van der Waals surface area contributed by atoms with E-state index in [0.717, 1.165) is 0 Å². The van der Waals surface area contributed by atoms with Crippen molar-refractivity contribution >= 4 is 15.8 Å². The fourth-order valence-corrected chi connectivity index (χ4v) is 2.68. The molecule has 0 spiro atoms. The summed E-state index contributed by atoms with van der Waals surface area (Å²) in [4.78, 5) is 0. The van der Waals surface area contributed by atoms with E-state index in [4.69, 9.17) is 5.73 Å². The maximum absolute atomic E-state index is 11.9. The van der Waals surface area contributed by atoms with E-state index in [1.54, 1.807) is 23.9 Å². The molecule has 0 aromatic carbocycles. The Morgan fingerprint density at radius 3 is 2.59 bits per heavy atom. The monoisotopic (exact) mass is 260 g/mol. The van der Waals surface area contributed by atoms with Crippen molar-refractivity contribution in [2.45, 2.75) is 38.5 Å². The smallest absolute Gasteiger partial charge is 0.238 e. The van der Waals surface area contributed by atoms with Crippen molar-refractivity contribution in [2.75, 3.05) is 11.3 Å². The second-order valence-electron chi connectivity index (χ2n) is 4.19. The molecule has 0 aliphatic rings. The molecule has 1 rings (SSSR count). The van der Waals surface area contributed by atoms with Crippen LogP contribution in [0.3, 0.4) is 0 Å². The van der Waals surface area contributed by atoms with Gasteiger partial charge in [-0.3, -0.25) is 9.40 Å². The first-order chi connectivity index (χ1) is 7.90. The number of hydrogen-bond acceptors (Lipinski definition) is 4. The van der Waals surface area contributed by atoms with Gasteiger partial charge in [0.2, 0.25) is 10.0 Å². The molecule has 0 amide bonds. The van der Waals surface area contributed by atoms with Gasteiger partial charge in [0.05, 0.1) is 5.25 Å². The van der Waals surface area contributed by atoms with Crippen LogP contribution >= 0.6 is 0 Å². The van der Waals surface area contributed by atoms with Gasteiger partial charge in [0, 0.05) is 24.8 Å². The Labute approximate surface area is 102 Å². The van der Waals surface area contributed by atoms with Gasteiger partial charge in [-0.2, -0.15) is 5.10 Å². The molecule has 0 bridgehead atoms. The highest BCUT2D eigenvalue weighted by atomic mass is 32.2. The van der Waals surface area contributed by atoms with Crippen LogP contribution in [0, 0.1) is 0 Å². The summed E-state index contributed by atoms with van der Waals surface area (Å²) in [5.74, 6) is 0.339. The normalized spacial score (nSPS) is 13.9. The Morgan fingerprint density at radius 1 is 1.53 bits per heavy atom. The van der Waals surface area contributed by atoms with Gasteiger partial charge < -0.3 is 5.73 Å². The first kappa shape index (κ1) is 14.0. The predicted molar refractivity (Wildman–Crippen MR) is 68.3 cm³/mol. The summed E-state index contributed by atoms with van der Waals surface area (Å²) in [5.41, 5.74) is 5.43. The van der Waals surface area contributed by atoms with Crippen molar-refractivity contribution in [3.63, 3.8) is 0 Å². The van der Waals surface area contributed by atoms with Crippen LogP contribution in [0.2, 0.25) is 0 Å². The number of hydrogen-bond donors (Lipinski definition) is 2. The molecule has 1 unspecified atom stereocenters. The van der Waals surface area contributed by atoms with E-state index in [1.807, 2.05) is 13.8 Å². The molecule has 6 nitrogen and oxygen atoms in total. The minimum absolute atomic E-state index is 0.108. The van der Waals surface area contributed by atoms with E-state index in [0.29, 0.717) is 12.2 Å². The first-order valence-electron chi connectivity index (χ1n) is 5.67. The third-order valence-electron chi connectivity index (χ3n) is 2.54. The molecule has 7 heteroatoms. The summed E-state index contributed by atoms with van der Waals surface area (Å²) >= 11 is 0. The zero-order valence-electron chi connectivity index (χ0n) is 10.4. The van der Waals surface area contributed by atoms with Crippen LogP contribution in [-0.2, 0) is 10.0 Å². The summed E-state index contributed by atoms with van der Waals surface area (Å²) in [6, 6.07) is 1.84. The highest BCUT2D eigenvalue weighted by molar-refractivity contribution is 7.93. The molecule has 3 N–H and O–H groups in total. The molecule has 0 saturated heterocycles. The zero-order chi connectivity index (χ0) is 13.1. The maximum atomic E-state index is 11.9. The quantitative estimate of drug-likeness (QED) is 0.796. The van der Waals surface area contributed by atoms with Crippen LogP contribution in [0.4, 0.5) is 5.82 Å². The van der Waals surface area contributed by atoms with Gasteiger partial charge >= 0.3 is 0 Å². The summed E-state index contributed by atoms with van der Waals surface area (Å²) < 4.78 is 28.0. The third-order valence-corrected chi connectivity index (χ3v) is 4.44. The molecular formula is C10H20N4O2S. The van der Waals surface area contributed by atoms with Crippen LogP contribution in [0.15, 0.2) is 12.3 Å². The molecule has 0 fully saturated rings. The molecule has 1 atom stereocenters. The Balaban J connectivity index is 2.82. The predicted octanol–water partition coefficient (Wildman–Crippen LogP) is 0.943. The lowest BCUT2D eigenvalue weighted by atomic mass is 10.3. The van der Waals surface area contributed by atoms with Crippen molar-refractivity contribution in [3.8, 4) is 0 Å². The lowest BCUT2D eigenvalue weighted by molar-refractivity contribution is 0.534. The topological polar surface area (TPSA) is 90.0 Å². The number of nitrogens with one attached hydrogen (secondary N) is 1. The number of nitrogens with zero attached hydrogens (tertiary/aromatic N) is 2. The van der Waals surface area contributed by atoms with Crippen LogP contribution in [0.1, 0.15) is 33.2 Å². The standard InChI is InChI=1S/C10H20N4O2S/c1-4-9(7-11)17(15,16)13-10-5-6-14(12-10)8(2)3/h5-6,8-9H,4,7,11H2,1-3H3,(H,12,13). The van der Waals surface area contributed by atoms with Gasteiger partial charge in [0.1, 0.15) is 0 Å². The molecular weight excluding hydrogens is 240 g/mol. The lowest BCUT2D eigenvalue weighted by Crippen LogP contribution is -2.33. The van der Waals surface area contributed by atoms with Crippen molar-refractivity contribution in [1.82, 2.24) is 9.78 Å². The van der Waals surface area contributed by atoms with E-state index in [2.05, 4.69) is 9.82 Å². The molecule has 98 valence electrons. The van der Waals surface area contributed by atoms with Crippen LogP contribution in [0.5, 0.6) is 0 Å². The Kier molecular flexibility index (Phi) is 4.53. The minimum Gasteiger partial charge on any atom is -0.329 e. The lowest BCUT2D eigenvalue weighted by Gasteiger charge is -2.13. The van der Waals surface area contributed by atoms with Crippen molar-refractivity contribution < 1.29 is 8.42 Å². The Bertz CT molecular complexity index is 449. The molecule has 1 aromatic rings. The Morgan fingerprint density at radius 2 is 2.18 bits per heavy atom. The van der Waals surface area contributed by atoms with Crippen LogP contribution < -0.4 is 10.5 Å². The summed E-state index contributed by atoms with van der Waals surface area (Å²) in [6.07, 6.45) is 2.22. The van der Waals surface area contributed by atoms with Crippen molar-refractivity contribution in [3.05, 3.63) is 12.3 Å².